The van der Waals surface area contributed by atoms with Gasteiger partial charge in [-0.15, -0.1) is 0 Å². The van der Waals surface area contributed by atoms with Gasteiger partial charge in [0.05, 0.1) is 18.3 Å². The van der Waals surface area contributed by atoms with E-state index in [1.807, 2.05) is 30.3 Å². The molecule has 0 saturated heterocycles. The van der Waals surface area contributed by atoms with Gasteiger partial charge in [-0.3, -0.25) is 4.79 Å². The third-order valence-corrected chi connectivity index (χ3v) is 4.56. The standard InChI is InChI=1S/C23H20FN3O2/c24-20-9-5-4-8-19(20)21-12-10-18(29-21)11-13-23(28)26-22-14-15-25-27(22)16-17-6-2-1-3-7-17/h1-10,12,14-15H,11,13,16H2,(H,26,28). The number of benzene rings is 2. The molecule has 0 spiro atoms. The largest absolute Gasteiger partial charge is 0.461 e. The molecule has 1 N–H and O–H groups in total. The van der Waals surface area contributed by atoms with Crippen LogP contribution in [0.3, 0.4) is 0 Å². The molecule has 0 fully saturated rings. The summed E-state index contributed by atoms with van der Waals surface area (Å²) in [6.45, 7) is 0.577. The summed E-state index contributed by atoms with van der Waals surface area (Å²) in [6, 6.07) is 21.6. The topological polar surface area (TPSA) is 60.1 Å². The van der Waals surface area contributed by atoms with Crippen molar-refractivity contribution in [3.63, 3.8) is 0 Å². The minimum Gasteiger partial charge on any atom is -0.461 e. The minimum absolute atomic E-state index is 0.136. The van der Waals surface area contributed by atoms with Crippen LogP contribution in [0.4, 0.5) is 10.2 Å². The smallest absolute Gasteiger partial charge is 0.225 e. The Morgan fingerprint density at radius 1 is 1.00 bits per heavy atom. The number of amides is 1. The van der Waals surface area contributed by atoms with Gasteiger partial charge in [0, 0.05) is 18.9 Å². The molecule has 29 heavy (non-hydrogen) atoms. The maximum Gasteiger partial charge on any atom is 0.225 e. The van der Waals surface area contributed by atoms with E-state index in [1.54, 1.807) is 47.3 Å². The van der Waals surface area contributed by atoms with E-state index >= 15 is 0 Å². The number of hydrogen-bond donors (Lipinski definition) is 1. The Morgan fingerprint density at radius 2 is 1.79 bits per heavy atom. The third kappa shape index (κ3) is 4.60. The van der Waals surface area contributed by atoms with Crippen molar-refractivity contribution < 1.29 is 13.6 Å². The average molecular weight is 389 g/mol. The number of nitrogens with one attached hydrogen (secondary N) is 1. The first-order chi connectivity index (χ1) is 14.2. The third-order valence-electron chi connectivity index (χ3n) is 4.56. The molecule has 4 aromatic rings. The van der Waals surface area contributed by atoms with E-state index in [0.29, 0.717) is 35.9 Å². The van der Waals surface area contributed by atoms with Crippen molar-refractivity contribution in [2.24, 2.45) is 0 Å². The maximum absolute atomic E-state index is 13.9. The lowest BCUT2D eigenvalue weighted by atomic mass is 10.1. The molecule has 146 valence electrons. The summed E-state index contributed by atoms with van der Waals surface area (Å²) >= 11 is 0. The second-order valence-electron chi connectivity index (χ2n) is 6.65. The minimum atomic E-state index is -0.335. The van der Waals surface area contributed by atoms with Crippen LogP contribution >= 0.6 is 0 Å². The van der Waals surface area contributed by atoms with Crippen molar-refractivity contribution in [2.75, 3.05) is 5.32 Å². The predicted octanol–water partition coefficient (Wildman–Crippen LogP) is 4.90. The van der Waals surface area contributed by atoms with E-state index < -0.39 is 0 Å². The summed E-state index contributed by atoms with van der Waals surface area (Å²) in [6.07, 6.45) is 2.33. The predicted molar refractivity (Wildman–Crippen MR) is 109 cm³/mol. The first-order valence-corrected chi connectivity index (χ1v) is 9.38. The van der Waals surface area contributed by atoms with Crippen LogP contribution in [0.25, 0.3) is 11.3 Å². The molecule has 0 aliphatic heterocycles. The van der Waals surface area contributed by atoms with E-state index in [-0.39, 0.29) is 18.1 Å². The fourth-order valence-electron chi connectivity index (χ4n) is 3.08. The van der Waals surface area contributed by atoms with Crippen LogP contribution in [0.5, 0.6) is 0 Å². The van der Waals surface area contributed by atoms with Gasteiger partial charge in [-0.05, 0) is 29.8 Å². The number of nitrogens with zero attached hydrogens (tertiary/aromatic N) is 2. The van der Waals surface area contributed by atoms with Crippen LogP contribution < -0.4 is 5.32 Å². The number of rotatable bonds is 7. The fourth-order valence-corrected chi connectivity index (χ4v) is 3.08. The zero-order valence-corrected chi connectivity index (χ0v) is 15.7. The second-order valence-corrected chi connectivity index (χ2v) is 6.65. The number of hydrogen-bond acceptors (Lipinski definition) is 3. The second kappa shape index (κ2) is 8.56. The van der Waals surface area contributed by atoms with Crippen molar-refractivity contribution in [3.8, 4) is 11.3 Å². The Morgan fingerprint density at radius 3 is 2.62 bits per heavy atom. The highest BCUT2D eigenvalue weighted by Crippen LogP contribution is 2.25. The SMILES string of the molecule is O=C(CCc1ccc(-c2ccccc2F)o1)Nc1ccnn1Cc1ccccc1. The van der Waals surface area contributed by atoms with Gasteiger partial charge >= 0.3 is 0 Å². The molecule has 5 nitrogen and oxygen atoms in total. The molecule has 2 aromatic carbocycles. The summed E-state index contributed by atoms with van der Waals surface area (Å²) in [5, 5.41) is 7.16. The summed E-state index contributed by atoms with van der Waals surface area (Å²) < 4.78 is 21.3. The highest BCUT2D eigenvalue weighted by atomic mass is 19.1. The quantitative estimate of drug-likeness (QED) is 0.489. The molecule has 6 heteroatoms. The Balaban J connectivity index is 1.35. The molecule has 0 aliphatic carbocycles. The van der Waals surface area contributed by atoms with Crippen molar-refractivity contribution in [1.82, 2.24) is 9.78 Å². The van der Waals surface area contributed by atoms with Gasteiger partial charge in [-0.25, -0.2) is 9.07 Å². The molecule has 2 heterocycles. The molecule has 1 amide bonds. The first kappa shape index (κ1) is 18.7. The number of anilines is 1. The highest BCUT2D eigenvalue weighted by molar-refractivity contribution is 5.89. The average Bonchev–Trinajstić information content (AvgIpc) is 3.37. The summed E-state index contributed by atoms with van der Waals surface area (Å²) in [7, 11) is 0. The van der Waals surface area contributed by atoms with Crippen LogP contribution in [0.2, 0.25) is 0 Å². The summed E-state index contributed by atoms with van der Waals surface area (Å²) in [4.78, 5) is 12.4. The van der Waals surface area contributed by atoms with Crippen LogP contribution in [-0.4, -0.2) is 15.7 Å². The van der Waals surface area contributed by atoms with Gasteiger partial charge in [0.25, 0.3) is 0 Å². The first-order valence-electron chi connectivity index (χ1n) is 9.38. The van der Waals surface area contributed by atoms with Gasteiger partial charge in [-0.1, -0.05) is 42.5 Å². The van der Waals surface area contributed by atoms with E-state index in [4.69, 9.17) is 4.42 Å². The summed E-state index contributed by atoms with van der Waals surface area (Å²) in [5.41, 5.74) is 1.51. The van der Waals surface area contributed by atoms with Crippen LogP contribution in [0, 0.1) is 5.82 Å². The van der Waals surface area contributed by atoms with Crippen LogP contribution in [0.15, 0.2) is 83.4 Å². The Kier molecular flexibility index (Phi) is 5.52. The van der Waals surface area contributed by atoms with Gasteiger partial charge in [0.2, 0.25) is 5.91 Å². The zero-order chi connectivity index (χ0) is 20.1. The normalized spacial score (nSPS) is 10.8. The van der Waals surface area contributed by atoms with E-state index in [9.17, 15) is 9.18 Å². The van der Waals surface area contributed by atoms with Gasteiger partial charge in [0.1, 0.15) is 23.2 Å². The number of carbonyl (C=O) groups is 1. The molecule has 2 aromatic heterocycles. The Hall–Kier alpha value is -3.67. The molecule has 0 aliphatic rings. The van der Waals surface area contributed by atoms with E-state index in [2.05, 4.69) is 10.4 Å². The molecule has 0 atom stereocenters. The van der Waals surface area contributed by atoms with Crippen LogP contribution in [-0.2, 0) is 17.8 Å². The molecular weight excluding hydrogens is 369 g/mol. The van der Waals surface area contributed by atoms with Crippen molar-refractivity contribution in [3.05, 3.63) is 96.1 Å². The molecule has 0 bridgehead atoms. The molecule has 0 saturated carbocycles. The number of carbonyl (C=O) groups excluding carboxylic acids is 1. The van der Waals surface area contributed by atoms with Crippen molar-refractivity contribution in [2.45, 2.75) is 19.4 Å². The Labute approximate surface area is 167 Å². The lowest BCUT2D eigenvalue weighted by Gasteiger charge is -2.09. The van der Waals surface area contributed by atoms with E-state index in [1.165, 1.54) is 6.07 Å². The highest BCUT2D eigenvalue weighted by Gasteiger charge is 2.12. The number of aromatic nitrogens is 2. The molecular formula is C23H20FN3O2. The number of aryl methyl sites for hydroxylation is 1. The van der Waals surface area contributed by atoms with Crippen molar-refractivity contribution >= 4 is 11.7 Å². The lowest BCUT2D eigenvalue weighted by molar-refractivity contribution is -0.116. The van der Waals surface area contributed by atoms with Gasteiger partial charge < -0.3 is 9.73 Å². The molecule has 0 radical (unpaired) electrons. The maximum atomic E-state index is 13.9. The van der Waals surface area contributed by atoms with Crippen molar-refractivity contribution in [1.29, 1.82) is 0 Å². The van der Waals surface area contributed by atoms with Gasteiger partial charge in [-0.2, -0.15) is 5.10 Å². The molecule has 0 unspecified atom stereocenters. The Bertz CT molecular complexity index is 1100. The lowest BCUT2D eigenvalue weighted by Crippen LogP contribution is -2.16. The van der Waals surface area contributed by atoms with Gasteiger partial charge in [0.15, 0.2) is 0 Å². The molecule has 4 rings (SSSR count). The van der Waals surface area contributed by atoms with Crippen LogP contribution in [0.1, 0.15) is 17.7 Å². The fraction of sp³-hybridized carbons (Fsp3) is 0.130. The number of furan rings is 1. The zero-order valence-electron chi connectivity index (χ0n) is 15.7. The summed E-state index contributed by atoms with van der Waals surface area (Å²) in [5.74, 6) is 1.27. The monoisotopic (exact) mass is 389 g/mol. The van der Waals surface area contributed by atoms with E-state index in [0.717, 1.165) is 5.56 Å². The number of halogens is 1.